The van der Waals surface area contributed by atoms with Crippen LogP contribution in [0, 0.1) is 6.92 Å². The third-order valence-electron chi connectivity index (χ3n) is 4.61. The van der Waals surface area contributed by atoms with Crippen molar-refractivity contribution in [2.24, 2.45) is 0 Å². The number of halogens is 3. The minimum absolute atomic E-state index is 0.0124. The summed E-state index contributed by atoms with van der Waals surface area (Å²) in [4.78, 5) is 16.3. The Morgan fingerprint density at radius 1 is 1.09 bits per heavy atom. The molecule has 0 saturated heterocycles. The molecule has 0 aliphatic heterocycles. The number of nitrogens with one attached hydrogen (secondary N) is 2. The molecule has 10 heteroatoms. The highest BCUT2D eigenvalue weighted by molar-refractivity contribution is 6.02. The summed E-state index contributed by atoms with van der Waals surface area (Å²) in [7, 11) is 0. The molecular formula is C22H17F3N4O3. The van der Waals surface area contributed by atoms with E-state index in [0.29, 0.717) is 5.82 Å². The average Bonchev–Trinajstić information content (AvgIpc) is 3.45. The first-order valence-corrected chi connectivity index (χ1v) is 9.50. The van der Waals surface area contributed by atoms with E-state index < -0.39 is 17.6 Å². The van der Waals surface area contributed by atoms with E-state index in [0.717, 1.165) is 17.2 Å². The van der Waals surface area contributed by atoms with Gasteiger partial charge in [-0.25, -0.2) is 0 Å². The highest BCUT2D eigenvalue weighted by Gasteiger charge is 2.34. The maximum Gasteiger partial charge on any atom is 0.418 e. The fourth-order valence-corrected chi connectivity index (χ4v) is 3.04. The lowest BCUT2D eigenvalue weighted by atomic mass is 10.1. The Balaban J connectivity index is 1.51. The normalized spacial score (nSPS) is 11.4. The molecule has 4 rings (SSSR count). The number of aromatic nitrogens is 2. The van der Waals surface area contributed by atoms with Crippen molar-refractivity contribution in [2.45, 2.75) is 19.6 Å². The summed E-state index contributed by atoms with van der Waals surface area (Å²) in [5, 5.41) is 8.96. The summed E-state index contributed by atoms with van der Waals surface area (Å²) in [5.41, 5.74) is 0.552. The number of rotatable bonds is 6. The van der Waals surface area contributed by atoms with Crippen LogP contribution >= 0.6 is 0 Å². The summed E-state index contributed by atoms with van der Waals surface area (Å²) in [5.74, 6) is -0.182. The second-order valence-electron chi connectivity index (χ2n) is 6.87. The van der Waals surface area contributed by atoms with Crippen molar-refractivity contribution in [3.05, 3.63) is 83.6 Å². The summed E-state index contributed by atoms with van der Waals surface area (Å²) >= 11 is 0. The first kappa shape index (κ1) is 21.2. The van der Waals surface area contributed by atoms with Gasteiger partial charge in [0.15, 0.2) is 5.76 Å². The number of nitrogens with zero attached hydrogens (tertiary/aromatic N) is 2. The summed E-state index contributed by atoms with van der Waals surface area (Å²) in [6.07, 6.45) is -3.36. The maximum atomic E-state index is 13.6. The molecule has 0 spiro atoms. The molecule has 0 unspecified atom stereocenters. The van der Waals surface area contributed by atoms with E-state index in [1.165, 1.54) is 30.5 Å². The molecule has 0 radical (unpaired) electrons. The van der Waals surface area contributed by atoms with Gasteiger partial charge in [0.1, 0.15) is 0 Å². The predicted molar refractivity (Wildman–Crippen MR) is 110 cm³/mol. The molecule has 0 atom stereocenters. The highest BCUT2D eigenvalue weighted by atomic mass is 19.4. The van der Waals surface area contributed by atoms with Gasteiger partial charge >= 0.3 is 6.18 Å². The van der Waals surface area contributed by atoms with Crippen LogP contribution in [0.3, 0.4) is 0 Å². The zero-order valence-corrected chi connectivity index (χ0v) is 16.7. The van der Waals surface area contributed by atoms with Gasteiger partial charge in [-0.3, -0.25) is 4.79 Å². The molecule has 0 aliphatic rings. The number of alkyl halides is 3. The van der Waals surface area contributed by atoms with Gasteiger partial charge in [0, 0.05) is 16.9 Å². The number of carbonyl (C=O) groups is 1. The highest BCUT2D eigenvalue weighted by Crippen LogP contribution is 2.37. The third-order valence-corrected chi connectivity index (χ3v) is 4.61. The zero-order valence-electron chi connectivity index (χ0n) is 16.7. The van der Waals surface area contributed by atoms with Gasteiger partial charge in [-0.1, -0.05) is 29.4 Å². The van der Waals surface area contributed by atoms with Crippen LogP contribution in [0.4, 0.5) is 24.5 Å². The van der Waals surface area contributed by atoms with Crippen molar-refractivity contribution >= 4 is 17.3 Å². The number of amides is 1. The Morgan fingerprint density at radius 3 is 2.62 bits per heavy atom. The lowest BCUT2D eigenvalue weighted by Gasteiger charge is -2.15. The van der Waals surface area contributed by atoms with Gasteiger partial charge in [-0.05, 0) is 42.8 Å². The van der Waals surface area contributed by atoms with Crippen LogP contribution in [-0.4, -0.2) is 16.0 Å². The van der Waals surface area contributed by atoms with E-state index in [9.17, 15) is 18.0 Å². The fraction of sp³-hybridized carbons (Fsp3) is 0.136. The molecule has 7 nitrogen and oxygen atoms in total. The molecule has 0 fully saturated rings. The van der Waals surface area contributed by atoms with Crippen LogP contribution in [0.5, 0.6) is 0 Å². The molecule has 0 bridgehead atoms. The van der Waals surface area contributed by atoms with Crippen LogP contribution in [0.1, 0.15) is 27.6 Å². The van der Waals surface area contributed by atoms with Gasteiger partial charge in [-0.2, -0.15) is 18.2 Å². The zero-order chi connectivity index (χ0) is 22.7. The Labute approximate surface area is 180 Å². The number of furan rings is 1. The number of anilines is 2. The molecule has 2 aromatic heterocycles. The lowest BCUT2D eigenvalue weighted by Crippen LogP contribution is -2.14. The molecule has 2 heterocycles. The minimum atomic E-state index is -4.66. The van der Waals surface area contributed by atoms with Gasteiger partial charge in [0.2, 0.25) is 11.7 Å². The Bertz CT molecular complexity index is 1230. The smallest absolute Gasteiger partial charge is 0.418 e. The van der Waals surface area contributed by atoms with Crippen molar-refractivity contribution in [3.8, 4) is 11.4 Å². The van der Waals surface area contributed by atoms with Gasteiger partial charge < -0.3 is 19.6 Å². The Hall–Kier alpha value is -4.08. The molecule has 32 heavy (non-hydrogen) atoms. The predicted octanol–water partition coefficient (Wildman–Crippen LogP) is 5.52. The summed E-state index contributed by atoms with van der Waals surface area (Å²) in [6, 6.07) is 13.8. The molecule has 164 valence electrons. The molecule has 0 aliphatic carbocycles. The van der Waals surface area contributed by atoms with Crippen molar-refractivity contribution in [1.82, 2.24) is 10.1 Å². The lowest BCUT2D eigenvalue weighted by molar-refractivity contribution is -0.136. The largest absolute Gasteiger partial charge is 0.459 e. The minimum Gasteiger partial charge on any atom is -0.459 e. The first-order valence-electron chi connectivity index (χ1n) is 9.50. The van der Waals surface area contributed by atoms with Crippen LogP contribution in [-0.2, 0) is 12.7 Å². The van der Waals surface area contributed by atoms with Crippen molar-refractivity contribution in [3.63, 3.8) is 0 Å². The first-order chi connectivity index (χ1) is 15.3. The Morgan fingerprint density at radius 2 is 1.91 bits per heavy atom. The van der Waals surface area contributed by atoms with Crippen molar-refractivity contribution in [2.75, 3.05) is 10.6 Å². The number of benzene rings is 2. The third kappa shape index (κ3) is 4.64. The molecule has 2 N–H and O–H groups in total. The van der Waals surface area contributed by atoms with Gasteiger partial charge in [0.25, 0.3) is 5.91 Å². The van der Waals surface area contributed by atoms with E-state index in [1.807, 2.05) is 31.2 Å². The van der Waals surface area contributed by atoms with Crippen LogP contribution in [0.25, 0.3) is 11.4 Å². The number of carbonyl (C=O) groups excluding carboxylic acids is 1. The standard InChI is InChI=1S/C22H17F3N4O3/c1-13-5-2-3-6-15(13)20-28-19(32-29-20)12-26-17-9-8-14(11-16(17)22(23,24)25)27-21(30)18-7-4-10-31-18/h2-11,26H,12H2,1H3,(H,27,30). The van der Waals surface area contributed by atoms with Crippen LogP contribution < -0.4 is 10.6 Å². The topological polar surface area (TPSA) is 93.2 Å². The van der Waals surface area contributed by atoms with Crippen molar-refractivity contribution < 1.29 is 26.9 Å². The second-order valence-corrected chi connectivity index (χ2v) is 6.87. The number of hydrogen-bond acceptors (Lipinski definition) is 6. The number of aryl methyl sites for hydroxylation is 1. The molecule has 0 saturated carbocycles. The van der Waals surface area contributed by atoms with E-state index in [2.05, 4.69) is 20.8 Å². The Kier molecular flexibility index (Phi) is 5.67. The molecular weight excluding hydrogens is 425 g/mol. The van der Waals surface area contributed by atoms with E-state index in [4.69, 9.17) is 8.94 Å². The monoisotopic (exact) mass is 442 g/mol. The van der Waals surface area contributed by atoms with Gasteiger partial charge in [-0.15, -0.1) is 0 Å². The van der Waals surface area contributed by atoms with Crippen molar-refractivity contribution in [1.29, 1.82) is 0 Å². The summed E-state index contributed by atoms with van der Waals surface area (Å²) in [6.45, 7) is 1.78. The number of hydrogen-bond donors (Lipinski definition) is 2. The summed E-state index contributed by atoms with van der Waals surface area (Å²) < 4.78 is 51.0. The van der Waals surface area contributed by atoms with Crippen LogP contribution in [0.2, 0.25) is 0 Å². The molecule has 4 aromatic rings. The SMILES string of the molecule is Cc1ccccc1-c1noc(CNc2ccc(NC(=O)c3ccco3)cc2C(F)(F)F)n1. The molecule has 1 amide bonds. The van der Waals surface area contributed by atoms with E-state index >= 15 is 0 Å². The second kappa shape index (κ2) is 8.58. The fourth-order valence-electron chi connectivity index (χ4n) is 3.04. The average molecular weight is 442 g/mol. The van der Waals surface area contributed by atoms with E-state index in [-0.39, 0.29) is 29.6 Å². The van der Waals surface area contributed by atoms with Crippen LogP contribution in [0.15, 0.2) is 69.8 Å². The quantitative estimate of drug-likeness (QED) is 0.408. The maximum absolute atomic E-state index is 13.6. The van der Waals surface area contributed by atoms with E-state index in [1.54, 1.807) is 0 Å². The van der Waals surface area contributed by atoms with Gasteiger partial charge in [0.05, 0.1) is 18.4 Å². The molecule has 2 aromatic carbocycles.